The highest BCUT2D eigenvalue weighted by Gasteiger charge is 2.29. The van der Waals surface area contributed by atoms with Crippen molar-refractivity contribution < 1.29 is 9.18 Å². The number of carbonyl (C=O) groups is 1. The Bertz CT molecular complexity index is 450. The third-order valence-corrected chi connectivity index (χ3v) is 3.29. The van der Waals surface area contributed by atoms with E-state index in [1.807, 2.05) is 6.92 Å². The molecule has 1 heterocycles. The average molecular weight is 287 g/mol. The van der Waals surface area contributed by atoms with Crippen molar-refractivity contribution in [3.63, 3.8) is 0 Å². The third kappa shape index (κ3) is 1.97. The van der Waals surface area contributed by atoms with E-state index in [-0.39, 0.29) is 17.8 Å². The molecule has 1 saturated heterocycles. The van der Waals surface area contributed by atoms with E-state index in [2.05, 4.69) is 15.9 Å². The van der Waals surface area contributed by atoms with Crippen LogP contribution in [0.3, 0.4) is 0 Å². The molecule has 1 fully saturated rings. The molecule has 5 heteroatoms. The predicted octanol–water partition coefficient (Wildman–Crippen LogP) is 1.96. The number of nitrogens with zero attached hydrogens (tertiary/aromatic N) is 1. The van der Waals surface area contributed by atoms with Crippen LogP contribution in [0.25, 0.3) is 0 Å². The minimum absolute atomic E-state index is 0.0441. The summed E-state index contributed by atoms with van der Waals surface area (Å²) in [6.45, 7) is 2.30. The molecule has 16 heavy (non-hydrogen) atoms. The SMILES string of the molecule is Cc1cc(Br)c(F)cc1N1CC(N)CC1=O. The van der Waals surface area contributed by atoms with E-state index in [1.165, 1.54) is 6.07 Å². The highest BCUT2D eigenvalue weighted by molar-refractivity contribution is 9.10. The highest BCUT2D eigenvalue weighted by Crippen LogP contribution is 2.29. The van der Waals surface area contributed by atoms with Crippen molar-refractivity contribution in [2.24, 2.45) is 5.73 Å². The van der Waals surface area contributed by atoms with Gasteiger partial charge < -0.3 is 10.6 Å². The summed E-state index contributed by atoms with van der Waals surface area (Å²) in [6.07, 6.45) is 0.330. The summed E-state index contributed by atoms with van der Waals surface area (Å²) in [4.78, 5) is 13.2. The molecular formula is C11H12BrFN2O. The number of amides is 1. The molecular weight excluding hydrogens is 275 g/mol. The van der Waals surface area contributed by atoms with Gasteiger partial charge in [-0.3, -0.25) is 4.79 Å². The van der Waals surface area contributed by atoms with Crippen molar-refractivity contribution in [1.29, 1.82) is 0 Å². The smallest absolute Gasteiger partial charge is 0.228 e. The molecule has 0 bridgehead atoms. The summed E-state index contributed by atoms with van der Waals surface area (Å²) in [5, 5.41) is 0. The topological polar surface area (TPSA) is 46.3 Å². The first-order valence-corrected chi connectivity index (χ1v) is 5.80. The Morgan fingerprint density at radius 2 is 2.25 bits per heavy atom. The van der Waals surface area contributed by atoms with E-state index < -0.39 is 0 Å². The molecule has 1 aromatic carbocycles. The maximum atomic E-state index is 13.4. The largest absolute Gasteiger partial charge is 0.326 e. The number of nitrogens with two attached hydrogens (primary N) is 1. The van der Waals surface area contributed by atoms with Gasteiger partial charge in [0.2, 0.25) is 5.91 Å². The summed E-state index contributed by atoms with van der Waals surface area (Å²) in [5.74, 6) is -0.411. The Morgan fingerprint density at radius 1 is 1.56 bits per heavy atom. The molecule has 1 aliphatic heterocycles. The van der Waals surface area contributed by atoms with E-state index in [0.29, 0.717) is 23.1 Å². The molecule has 1 aliphatic rings. The molecule has 0 aromatic heterocycles. The van der Waals surface area contributed by atoms with Gasteiger partial charge in [-0.25, -0.2) is 4.39 Å². The maximum absolute atomic E-state index is 13.4. The van der Waals surface area contributed by atoms with Crippen LogP contribution in [-0.2, 0) is 4.79 Å². The van der Waals surface area contributed by atoms with Crippen molar-refractivity contribution >= 4 is 27.5 Å². The van der Waals surface area contributed by atoms with Crippen LogP contribution in [0.4, 0.5) is 10.1 Å². The van der Waals surface area contributed by atoms with Crippen LogP contribution in [0.1, 0.15) is 12.0 Å². The van der Waals surface area contributed by atoms with Crippen LogP contribution in [0, 0.1) is 12.7 Å². The normalized spacial score (nSPS) is 20.6. The van der Waals surface area contributed by atoms with Crippen LogP contribution < -0.4 is 10.6 Å². The molecule has 0 radical (unpaired) electrons. The zero-order chi connectivity index (χ0) is 11.9. The monoisotopic (exact) mass is 286 g/mol. The van der Waals surface area contributed by atoms with Crippen LogP contribution in [0.15, 0.2) is 16.6 Å². The lowest BCUT2D eigenvalue weighted by Crippen LogP contribution is -2.28. The lowest BCUT2D eigenvalue weighted by Gasteiger charge is -2.19. The van der Waals surface area contributed by atoms with Crippen molar-refractivity contribution in [3.05, 3.63) is 28.0 Å². The standard InChI is InChI=1S/C11H12BrFN2O/c1-6-2-8(12)9(13)4-10(6)15-5-7(14)3-11(15)16/h2,4,7H,3,5,14H2,1H3. The molecule has 0 aliphatic carbocycles. The number of hydrogen-bond acceptors (Lipinski definition) is 2. The Morgan fingerprint density at radius 3 is 2.81 bits per heavy atom. The molecule has 2 N–H and O–H groups in total. The van der Waals surface area contributed by atoms with Crippen LogP contribution in [-0.4, -0.2) is 18.5 Å². The van der Waals surface area contributed by atoms with Crippen LogP contribution in [0.5, 0.6) is 0 Å². The van der Waals surface area contributed by atoms with Gasteiger partial charge in [-0.05, 0) is 40.5 Å². The number of carbonyl (C=O) groups excluding carboxylic acids is 1. The first kappa shape index (κ1) is 11.5. The van der Waals surface area contributed by atoms with Gasteiger partial charge in [-0.15, -0.1) is 0 Å². The quantitative estimate of drug-likeness (QED) is 0.858. The van der Waals surface area contributed by atoms with Crippen LogP contribution >= 0.6 is 15.9 Å². The summed E-state index contributed by atoms with van der Waals surface area (Å²) >= 11 is 3.11. The van der Waals surface area contributed by atoms with E-state index in [4.69, 9.17) is 5.73 Å². The molecule has 1 aromatic rings. The van der Waals surface area contributed by atoms with Gasteiger partial charge in [0, 0.05) is 24.7 Å². The summed E-state index contributed by atoms with van der Waals surface area (Å²) in [5.41, 5.74) is 7.17. The second-order valence-electron chi connectivity index (χ2n) is 4.02. The molecule has 1 unspecified atom stereocenters. The van der Waals surface area contributed by atoms with Crippen LogP contribution in [0.2, 0.25) is 0 Å². The minimum Gasteiger partial charge on any atom is -0.326 e. The molecule has 2 rings (SSSR count). The number of rotatable bonds is 1. The van der Waals surface area contributed by atoms with Gasteiger partial charge in [-0.1, -0.05) is 0 Å². The van der Waals surface area contributed by atoms with Crippen molar-refractivity contribution in [2.45, 2.75) is 19.4 Å². The van der Waals surface area contributed by atoms with E-state index in [9.17, 15) is 9.18 Å². The first-order valence-electron chi connectivity index (χ1n) is 5.00. The zero-order valence-corrected chi connectivity index (χ0v) is 10.4. The molecule has 1 atom stereocenters. The summed E-state index contributed by atoms with van der Waals surface area (Å²) in [6, 6.07) is 2.88. The van der Waals surface area contributed by atoms with Crippen molar-refractivity contribution in [3.8, 4) is 0 Å². The number of benzene rings is 1. The zero-order valence-electron chi connectivity index (χ0n) is 8.84. The summed E-state index contributed by atoms with van der Waals surface area (Å²) < 4.78 is 13.8. The fourth-order valence-electron chi connectivity index (χ4n) is 1.89. The third-order valence-electron chi connectivity index (χ3n) is 2.68. The fourth-order valence-corrected chi connectivity index (χ4v) is 2.35. The summed E-state index contributed by atoms with van der Waals surface area (Å²) in [7, 11) is 0. The Kier molecular flexibility index (Phi) is 2.99. The van der Waals surface area contributed by atoms with E-state index >= 15 is 0 Å². The lowest BCUT2D eigenvalue weighted by atomic mass is 10.2. The Labute approximate surface area is 102 Å². The second kappa shape index (κ2) is 4.14. The molecule has 86 valence electrons. The van der Waals surface area contributed by atoms with E-state index in [1.54, 1.807) is 11.0 Å². The fraction of sp³-hybridized carbons (Fsp3) is 0.364. The molecule has 3 nitrogen and oxygen atoms in total. The van der Waals surface area contributed by atoms with Gasteiger partial charge >= 0.3 is 0 Å². The van der Waals surface area contributed by atoms with Gasteiger partial charge in [0.1, 0.15) is 5.82 Å². The van der Waals surface area contributed by atoms with Gasteiger partial charge in [0.25, 0.3) is 0 Å². The average Bonchev–Trinajstić information content (AvgIpc) is 2.51. The van der Waals surface area contributed by atoms with Crippen molar-refractivity contribution in [1.82, 2.24) is 0 Å². The lowest BCUT2D eigenvalue weighted by molar-refractivity contribution is -0.117. The van der Waals surface area contributed by atoms with Gasteiger partial charge in [0.05, 0.1) is 4.47 Å². The first-order chi connectivity index (χ1) is 7.49. The maximum Gasteiger partial charge on any atom is 0.228 e. The van der Waals surface area contributed by atoms with Crippen molar-refractivity contribution in [2.75, 3.05) is 11.4 Å². The van der Waals surface area contributed by atoms with Gasteiger partial charge in [0.15, 0.2) is 0 Å². The van der Waals surface area contributed by atoms with E-state index in [0.717, 1.165) is 5.56 Å². The minimum atomic E-state index is -0.367. The molecule has 0 saturated carbocycles. The number of hydrogen-bond donors (Lipinski definition) is 1. The van der Waals surface area contributed by atoms with Gasteiger partial charge in [-0.2, -0.15) is 0 Å². The Balaban J connectivity index is 2.41. The number of halogens is 2. The second-order valence-corrected chi connectivity index (χ2v) is 4.88. The number of anilines is 1. The highest BCUT2D eigenvalue weighted by atomic mass is 79.9. The molecule has 0 spiro atoms. The molecule has 1 amide bonds. The predicted molar refractivity (Wildman–Crippen MR) is 63.8 cm³/mol. The Hall–Kier alpha value is -0.940. The number of aryl methyl sites for hydroxylation is 1.